The Kier molecular flexibility index (Phi) is 3.25. The maximum Gasteiger partial charge on any atom is 0.312 e. The van der Waals surface area contributed by atoms with E-state index in [1.54, 1.807) is 20.1 Å². The zero-order valence-electron chi connectivity index (χ0n) is 11.8. The predicted octanol–water partition coefficient (Wildman–Crippen LogP) is 2.13. The first-order chi connectivity index (χ1) is 10.1. The highest BCUT2D eigenvalue weighted by Crippen LogP contribution is 2.36. The Balaban J connectivity index is 2.12. The molecule has 2 aromatic rings. The number of hydrogen-bond donors (Lipinski definition) is 1. The second-order valence-corrected chi connectivity index (χ2v) is 5.06. The number of fused-ring (bicyclic) bond motifs is 1. The molecule has 1 atom stereocenters. The van der Waals surface area contributed by atoms with E-state index in [2.05, 4.69) is 4.98 Å². The first-order valence-electron chi connectivity index (χ1n) is 6.67. The summed E-state index contributed by atoms with van der Waals surface area (Å²) in [6, 6.07) is 9.05. The van der Waals surface area contributed by atoms with Crippen molar-refractivity contribution in [2.75, 3.05) is 7.11 Å². The molecule has 21 heavy (non-hydrogen) atoms. The van der Waals surface area contributed by atoms with Crippen LogP contribution in [0.25, 0.3) is 0 Å². The van der Waals surface area contributed by atoms with E-state index >= 15 is 0 Å². The minimum Gasteiger partial charge on any atom is -0.497 e. The molecule has 5 nitrogen and oxygen atoms in total. The number of carbonyl (C=O) groups excluding carboxylic acids is 1. The van der Waals surface area contributed by atoms with E-state index in [-0.39, 0.29) is 23.9 Å². The molecule has 0 amide bonds. The second-order valence-electron chi connectivity index (χ2n) is 5.06. The molecule has 3 rings (SSSR count). The van der Waals surface area contributed by atoms with Gasteiger partial charge in [0.15, 0.2) is 0 Å². The van der Waals surface area contributed by atoms with Crippen molar-refractivity contribution >= 4 is 5.97 Å². The minimum absolute atomic E-state index is 0.158. The number of ether oxygens (including phenoxy) is 2. The lowest BCUT2D eigenvalue weighted by Gasteiger charge is -2.24. The van der Waals surface area contributed by atoms with Crippen LogP contribution in [0.4, 0.5) is 0 Å². The average Bonchev–Trinajstić information content (AvgIpc) is 2.45. The second kappa shape index (κ2) is 5.09. The van der Waals surface area contributed by atoms with Gasteiger partial charge in [-0.2, -0.15) is 0 Å². The number of nitrogens with one attached hydrogen (secondary N) is 1. The lowest BCUT2D eigenvalue weighted by Crippen LogP contribution is -2.28. The molecular weight excluding hydrogens is 270 g/mol. The number of hydrogen-bond acceptors (Lipinski definition) is 4. The van der Waals surface area contributed by atoms with E-state index in [1.165, 1.54) is 0 Å². The van der Waals surface area contributed by atoms with E-state index in [0.717, 1.165) is 11.3 Å². The summed E-state index contributed by atoms with van der Waals surface area (Å²) in [5.41, 5.74) is 1.86. The van der Waals surface area contributed by atoms with Crippen molar-refractivity contribution in [2.45, 2.75) is 19.3 Å². The fraction of sp³-hybridized carbons (Fsp3) is 0.250. The average molecular weight is 285 g/mol. The normalized spacial score (nSPS) is 17.0. The van der Waals surface area contributed by atoms with Gasteiger partial charge in [0.1, 0.15) is 11.5 Å². The van der Waals surface area contributed by atoms with Gasteiger partial charge in [-0.25, -0.2) is 0 Å². The number of aromatic amines is 1. The number of methoxy groups -OCH3 is 1. The topological polar surface area (TPSA) is 68.4 Å². The van der Waals surface area contributed by atoms with Crippen LogP contribution in [0, 0.1) is 6.92 Å². The van der Waals surface area contributed by atoms with Crippen molar-refractivity contribution in [1.82, 2.24) is 4.98 Å². The largest absolute Gasteiger partial charge is 0.497 e. The summed E-state index contributed by atoms with van der Waals surface area (Å²) in [5.74, 6) is 0.466. The van der Waals surface area contributed by atoms with Gasteiger partial charge in [-0.1, -0.05) is 12.1 Å². The summed E-state index contributed by atoms with van der Waals surface area (Å²) < 4.78 is 10.3. The molecule has 0 radical (unpaired) electrons. The van der Waals surface area contributed by atoms with Crippen LogP contribution in [-0.4, -0.2) is 18.1 Å². The van der Waals surface area contributed by atoms with Gasteiger partial charge in [-0.15, -0.1) is 0 Å². The summed E-state index contributed by atoms with van der Waals surface area (Å²) >= 11 is 0. The molecule has 1 aliphatic rings. The van der Waals surface area contributed by atoms with E-state index in [9.17, 15) is 9.59 Å². The van der Waals surface area contributed by atoms with Crippen molar-refractivity contribution in [2.24, 2.45) is 0 Å². The molecule has 0 bridgehead atoms. The fourth-order valence-corrected chi connectivity index (χ4v) is 2.64. The zero-order chi connectivity index (χ0) is 15.0. The van der Waals surface area contributed by atoms with Crippen molar-refractivity contribution in [3.63, 3.8) is 0 Å². The number of esters is 1. The Morgan fingerprint density at radius 2 is 1.95 bits per heavy atom. The monoisotopic (exact) mass is 285 g/mol. The highest BCUT2D eigenvalue weighted by Gasteiger charge is 2.31. The standard InChI is InChI=1S/C16H15NO4/c1-9-7-13-15(16(19)17-9)12(8-14(18)21-13)10-3-5-11(20-2)6-4-10/h3-7,12H,8H2,1-2H3,(H,17,19)/t12-/m1/s1. The molecular formula is C16H15NO4. The van der Waals surface area contributed by atoms with Gasteiger partial charge in [0.05, 0.1) is 19.1 Å². The number of aromatic nitrogens is 1. The third-order valence-electron chi connectivity index (χ3n) is 3.63. The van der Waals surface area contributed by atoms with Crippen molar-refractivity contribution in [3.05, 3.63) is 57.5 Å². The first kappa shape index (κ1) is 13.4. The van der Waals surface area contributed by atoms with E-state index < -0.39 is 0 Å². The van der Waals surface area contributed by atoms with Crippen LogP contribution in [0.1, 0.15) is 29.2 Å². The highest BCUT2D eigenvalue weighted by molar-refractivity contribution is 5.77. The number of rotatable bonds is 2. The molecule has 0 saturated carbocycles. The number of benzene rings is 1. The molecule has 1 aromatic carbocycles. The van der Waals surface area contributed by atoms with Gasteiger partial charge in [-0.05, 0) is 24.6 Å². The lowest BCUT2D eigenvalue weighted by atomic mass is 9.87. The Bertz CT molecular complexity index is 746. The summed E-state index contributed by atoms with van der Waals surface area (Å²) in [6.45, 7) is 1.76. The predicted molar refractivity (Wildman–Crippen MR) is 76.9 cm³/mol. The number of pyridine rings is 1. The third kappa shape index (κ3) is 2.42. The Labute approximate surface area is 121 Å². The lowest BCUT2D eigenvalue weighted by molar-refractivity contribution is -0.135. The third-order valence-corrected chi connectivity index (χ3v) is 3.63. The number of carbonyl (C=O) groups is 1. The SMILES string of the molecule is COc1ccc([C@H]2CC(=O)Oc3cc(C)[nH]c(=O)c32)cc1. The van der Waals surface area contributed by atoms with Crippen molar-refractivity contribution in [1.29, 1.82) is 0 Å². The molecule has 1 N–H and O–H groups in total. The molecule has 0 saturated heterocycles. The Hall–Kier alpha value is -2.56. The number of aryl methyl sites for hydroxylation is 1. The van der Waals surface area contributed by atoms with E-state index in [1.807, 2.05) is 24.3 Å². The van der Waals surface area contributed by atoms with Crippen LogP contribution in [0.3, 0.4) is 0 Å². The van der Waals surface area contributed by atoms with Crippen LogP contribution in [0.5, 0.6) is 11.5 Å². The molecule has 0 fully saturated rings. The maximum atomic E-state index is 12.2. The summed E-state index contributed by atoms with van der Waals surface area (Å²) in [5, 5.41) is 0. The van der Waals surface area contributed by atoms with Crippen LogP contribution in [0.2, 0.25) is 0 Å². The van der Waals surface area contributed by atoms with Gasteiger partial charge in [0, 0.05) is 17.7 Å². The van der Waals surface area contributed by atoms with E-state index in [4.69, 9.17) is 9.47 Å². The van der Waals surface area contributed by atoms with Crippen LogP contribution in [0.15, 0.2) is 35.1 Å². The van der Waals surface area contributed by atoms with Crippen LogP contribution in [-0.2, 0) is 4.79 Å². The van der Waals surface area contributed by atoms with Crippen molar-refractivity contribution < 1.29 is 14.3 Å². The molecule has 108 valence electrons. The molecule has 0 spiro atoms. The maximum absolute atomic E-state index is 12.2. The van der Waals surface area contributed by atoms with E-state index in [0.29, 0.717) is 17.0 Å². The quantitative estimate of drug-likeness (QED) is 0.858. The smallest absolute Gasteiger partial charge is 0.312 e. The summed E-state index contributed by atoms with van der Waals surface area (Å²) in [6.07, 6.45) is 0.158. The van der Waals surface area contributed by atoms with Crippen LogP contribution >= 0.6 is 0 Å². The zero-order valence-corrected chi connectivity index (χ0v) is 11.8. The molecule has 2 heterocycles. The van der Waals surface area contributed by atoms with Gasteiger partial charge in [0.2, 0.25) is 0 Å². The fourth-order valence-electron chi connectivity index (χ4n) is 2.64. The summed E-state index contributed by atoms with van der Waals surface area (Å²) in [4.78, 5) is 26.8. The number of H-pyrrole nitrogens is 1. The van der Waals surface area contributed by atoms with Gasteiger partial charge in [0.25, 0.3) is 5.56 Å². The molecule has 1 aromatic heterocycles. The van der Waals surface area contributed by atoms with Crippen LogP contribution < -0.4 is 15.0 Å². The molecule has 0 unspecified atom stereocenters. The molecule has 0 aliphatic carbocycles. The van der Waals surface area contributed by atoms with Crippen molar-refractivity contribution in [3.8, 4) is 11.5 Å². The highest BCUT2D eigenvalue weighted by atomic mass is 16.5. The molecule has 1 aliphatic heterocycles. The first-order valence-corrected chi connectivity index (χ1v) is 6.67. The summed E-state index contributed by atoms with van der Waals surface area (Å²) in [7, 11) is 1.59. The Morgan fingerprint density at radius 3 is 2.62 bits per heavy atom. The minimum atomic E-state index is -0.326. The molecule has 5 heteroatoms. The van der Waals surface area contributed by atoms with Gasteiger partial charge < -0.3 is 14.5 Å². The van der Waals surface area contributed by atoms with Gasteiger partial charge in [-0.3, -0.25) is 9.59 Å². The Morgan fingerprint density at radius 1 is 1.24 bits per heavy atom. The van der Waals surface area contributed by atoms with Gasteiger partial charge >= 0.3 is 5.97 Å².